The molecule has 1 aromatic heterocycles. The number of non-ortho nitro benzene ring substituents is 1. The predicted molar refractivity (Wildman–Crippen MR) is 102 cm³/mol. The van der Waals surface area contributed by atoms with Crippen LogP contribution in [-0.2, 0) is 0 Å². The van der Waals surface area contributed by atoms with E-state index in [9.17, 15) is 10.1 Å². The van der Waals surface area contributed by atoms with Crippen molar-refractivity contribution < 1.29 is 4.92 Å². The Morgan fingerprint density at radius 3 is 2.84 bits per heavy atom. The van der Waals surface area contributed by atoms with E-state index in [-0.39, 0.29) is 10.5 Å². The summed E-state index contributed by atoms with van der Waals surface area (Å²) in [6.45, 7) is 0. The zero-order valence-electron chi connectivity index (χ0n) is 12.4. The van der Waals surface area contributed by atoms with Gasteiger partial charge in [-0.05, 0) is 30.4 Å². The molecule has 2 aromatic carbocycles. The van der Waals surface area contributed by atoms with Gasteiger partial charge in [0.1, 0.15) is 0 Å². The zero-order chi connectivity index (χ0) is 18.0. The molecular formula is C15H9BrClN5O2S. The first-order valence-electron chi connectivity index (χ1n) is 6.88. The van der Waals surface area contributed by atoms with Crippen LogP contribution in [0, 0.1) is 14.9 Å². The average Bonchev–Trinajstić information content (AvgIpc) is 2.95. The van der Waals surface area contributed by atoms with Crippen LogP contribution in [0.4, 0.5) is 5.69 Å². The van der Waals surface area contributed by atoms with Gasteiger partial charge in [-0.1, -0.05) is 39.7 Å². The van der Waals surface area contributed by atoms with Gasteiger partial charge in [0.05, 0.1) is 11.1 Å². The molecule has 1 N–H and O–H groups in total. The maximum atomic E-state index is 10.9. The van der Waals surface area contributed by atoms with Crippen molar-refractivity contribution in [2.24, 2.45) is 5.10 Å². The summed E-state index contributed by atoms with van der Waals surface area (Å²) in [5, 5.41) is 22.4. The van der Waals surface area contributed by atoms with Crippen LogP contribution < -0.4 is 0 Å². The van der Waals surface area contributed by atoms with Crippen molar-refractivity contribution in [3.05, 3.63) is 72.4 Å². The first kappa shape index (κ1) is 17.5. The normalized spacial score (nSPS) is 11.1. The third-order valence-corrected chi connectivity index (χ3v) is 4.57. The molecule has 0 fully saturated rings. The Kier molecular flexibility index (Phi) is 5.07. The highest BCUT2D eigenvalue weighted by Crippen LogP contribution is 2.26. The van der Waals surface area contributed by atoms with Crippen LogP contribution in [0.25, 0.3) is 11.4 Å². The second kappa shape index (κ2) is 7.26. The summed E-state index contributed by atoms with van der Waals surface area (Å²) in [5.41, 5.74) is 1.11. The van der Waals surface area contributed by atoms with Crippen molar-refractivity contribution in [2.45, 2.75) is 0 Å². The minimum Gasteiger partial charge on any atom is -0.258 e. The van der Waals surface area contributed by atoms with E-state index in [1.807, 2.05) is 24.3 Å². The Labute approximate surface area is 160 Å². The number of hydrogen-bond donors (Lipinski definition) is 1. The van der Waals surface area contributed by atoms with E-state index in [4.69, 9.17) is 23.8 Å². The van der Waals surface area contributed by atoms with E-state index in [0.717, 1.165) is 10.0 Å². The van der Waals surface area contributed by atoms with Gasteiger partial charge in [0.2, 0.25) is 4.77 Å². The van der Waals surface area contributed by atoms with Crippen LogP contribution in [0.1, 0.15) is 5.56 Å². The smallest absolute Gasteiger partial charge is 0.258 e. The van der Waals surface area contributed by atoms with Crippen molar-refractivity contribution in [2.75, 3.05) is 0 Å². The number of hydrogen-bond acceptors (Lipinski definition) is 5. The van der Waals surface area contributed by atoms with Gasteiger partial charge in [-0.25, -0.2) is 5.10 Å². The summed E-state index contributed by atoms with van der Waals surface area (Å²) in [6.07, 6.45) is 1.40. The largest absolute Gasteiger partial charge is 0.270 e. The first-order valence-corrected chi connectivity index (χ1v) is 8.46. The maximum Gasteiger partial charge on any atom is 0.270 e. The lowest BCUT2D eigenvalue weighted by molar-refractivity contribution is -0.384. The number of H-pyrrole nitrogens is 1. The molecule has 0 aliphatic heterocycles. The lowest BCUT2D eigenvalue weighted by Crippen LogP contribution is -1.97. The van der Waals surface area contributed by atoms with E-state index >= 15 is 0 Å². The highest BCUT2D eigenvalue weighted by Gasteiger charge is 2.12. The summed E-state index contributed by atoms with van der Waals surface area (Å²) < 4.78 is 2.53. The van der Waals surface area contributed by atoms with Gasteiger partial charge in [-0.3, -0.25) is 10.1 Å². The molecule has 0 bridgehead atoms. The van der Waals surface area contributed by atoms with Gasteiger partial charge in [-0.2, -0.15) is 14.9 Å². The van der Waals surface area contributed by atoms with E-state index < -0.39 is 4.92 Å². The standard InChI is InChI=1S/C15H9BrClN5O2S/c16-12-4-2-1-3-11(12)14-19-20-15(25)21(14)18-8-9-7-10(22(23)24)5-6-13(9)17/h1-8H,(H,20,25)/b18-8-. The van der Waals surface area contributed by atoms with Crippen molar-refractivity contribution in [3.8, 4) is 11.4 Å². The quantitative estimate of drug-likeness (QED) is 0.274. The number of nitro benzene ring substituents is 1. The molecule has 10 heteroatoms. The second-order valence-electron chi connectivity index (χ2n) is 4.85. The molecule has 0 saturated heterocycles. The molecule has 0 spiro atoms. The van der Waals surface area contributed by atoms with Crippen LogP contribution in [0.3, 0.4) is 0 Å². The molecular weight excluding hydrogens is 430 g/mol. The third-order valence-electron chi connectivity index (χ3n) is 3.27. The Morgan fingerprint density at radius 2 is 2.12 bits per heavy atom. The molecule has 0 unspecified atom stereocenters. The average molecular weight is 439 g/mol. The maximum absolute atomic E-state index is 10.9. The summed E-state index contributed by atoms with van der Waals surface area (Å²) in [6, 6.07) is 11.6. The minimum atomic E-state index is -0.496. The molecule has 25 heavy (non-hydrogen) atoms. The molecule has 0 atom stereocenters. The molecule has 0 aliphatic carbocycles. The number of rotatable bonds is 4. The van der Waals surface area contributed by atoms with E-state index in [1.54, 1.807) is 0 Å². The fourth-order valence-electron chi connectivity index (χ4n) is 2.08. The summed E-state index contributed by atoms with van der Waals surface area (Å²) in [4.78, 5) is 10.4. The number of benzene rings is 2. The SMILES string of the molecule is O=[N+]([O-])c1ccc(Cl)c(/C=N\n2c(-c3ccccc3Br)n[nH]c2=S)c1. The molecule has 7 nitrogen and oxygen atoms in total. The number of aromatic amines is 1. The highest BCUT2D eigenvalue weighted by molar-refractivity contribution is 9.10. The molecule has 3 aromatic rings. The summed E-state index contributed by atoms with van der Waals surface area (Å²) in [7, 11) is 0. The van der Waals surface area contributed by atoms with Crippen LogP contribution in [-0.4, -0.2) is 26.0 Å². The second-order valence-corrected chi connectivity index (χ2v) is 6.50. The van der Waals surface area contributed by atoms with Crippen molar-refractivity contribution >= 4 is 51.7 Å². The van der Waals surface area contributed by atoms with Crippen molar-refractivity contribution in [1.29, 1.82) is 0 Å². The molecule has 0 amide bonds. The first-order chi connectivity index (χ1) is 12.0. The van der Waals surface area contributed by atoms with E-state index in [2.05, 4.69) is 31.2 Å². The molecule has 3 rings (SSSR count). The van der Waals surface area contributed by atoms with Gasteiger partial charge >= 0.3 is 0 Å². The van der Waals surface area contributed by atoms with Crippen LogP contribution >= 0.6 is 39.7 Å². The van der Waals surface area contributed by atoms with E-state index in [0.29, 0.717) is 16.4 Å². The van der Waals surface area contributed by atoms with Crippen molar-refractivity contribution in [1.82, 2.24) is 14.9 Å². The predicted octanol–water partition coefficient (Wildman–Crippen LogP) is 4.81. The highest BCUT2D eigenvalue weighted by atomic mass is 79.9. The number of nitrogens with zero attached hydrogens (tertiary/aromatic N) is 4. The lowest BCUT2D eigenvalue weighted by Gasteiger charge is -2.03. The molecule has 1 heterocycles. The fourth-order valence-corrected chi connectivity index (χ4v) is 2.89. The topological polar surface area (TPSA) is 89.1 Å². The Bertz CT molecular complexity index is 1050. The number of nitro groups is 1. The monoisotopic (exact) mass is 437 g/mol. The Balaban J connectivity index is 2.05. The molecule has 126 valence electrons. The molecule has 0 saturated carbocycles. The van der Waals surface area contributed by atoms with E-state index in [1.165, 1.54) is 29.1 Å². The zero-order valence-corrected chi connectivity index (χ0v) is 15.5. The van der Waals surface area contributed by atoms with Crippen LogP contribution in [0.15, 0.2) is 52.0 Å². The van der Waals surface area contributed by atoms with Gasteiger partial charge in [0, 0.05) is 32.8 Å². The third kappa shape index (κ3) is 3.68. The molecule has 0 aliphatic rings. The van der Waals surface area contributed by atoms with Gasteiger partial charge in [-0.15, -0.1) is 0 Å². The summed E-state index contributed by atoms with van der Waals surface area (Å²) >= 11 is 14.7. The fraction of sp³-hybridized carbons (Fsp3) is 0. The molecule has 0 radical (unpaired) electrons. The van der Waals surface area contributed by atoms with Gasteiger partial charge in [0.15, 0.2) is 5.82 Å². The Morgan fingerprint density at radius 1 is 1.36 bits per heavy atom. The number of nitrogens with one attached hydrogen (secondary N) is 1. The number of aromatic nitrogens is 3. The van der Waals surface area contributed by atoms with Crippen molar-refractivity contribution in [3.63, 3.8) is 0 Å². The number of halogens is 2. The minimum absolute atomic E-state index is 0.0762. The summed E-state index contributed by atoms with van der Waals surface area (Å²) in [5.74, 6) is 0.496. The van der Waals surface area contributed by atoms with Crippen LogP contribution in [0.5, 0.6) is 0 Å². The van der Waals surface area contributed by atoms with Gasteiger partial charge in [0.25, 0.3) is 5.69 Å². The lowest BCUT2D eigenvalue weighted by atomic mass is 10.2. The van der Waals surface area contributed by atoms with Gasteiger partial charge < -0.3 is 0 Å². The van der Waals surface area contributed by atoms with Crippen LogP contribution in [0.2, 0.25) is 5.02 Å². The Hall–Kier alpha value is -2.36.